The maximum Gasteiger partial charge on any atom is 0.147 e. The minimum atomic E-state index is 0.499. The Bertz CT molecular complexity index is 411. The third-order valence-electron chi connectivity index (χ3n) is 3.20. The van der Waals surface area contributed by atoms with Gasteiger partial charge in [0.2, 0.25) is 0 Å². The second kappa shape index (κ2) is 6.22. The quantitative estimate of drug-likeness (QED) is 0.915. The van der Waals surface area contributed by atoms with Crippen LogP contribution in [-0.4, -0.2) is 30.2 Å². The van der Waals surface area contributed by atoms with Crippen molar-refractivity contribution in [1.82, 2.24) is 10.3 Å². The summed E-state index contributed by atoms with van der Waals surface area (Å²) in [6.07, 6.45) is 4.22. The fourth-order valence-electron chi connectivity index (χ4n) is 2.32. The van der Waals surface area contributed by atoms with Crippen LogP contribution >= 0.6 is 27.5 Å². The van der Waals surface area contributed by atoms with E-state index in [9.17, 15) is 0 Å². The Labute approximate surface area is 122 Å². The second-order valence-electron chi connectivity index (χ2n) is 5.01. The molecule has 1 saturated heterocycles. The Morgan fingerprint density at radius 2 is 2.39 bits per heavy atom. The van der Waals surface area contributed by atoms with Crippen molar-refractivity contribution in [2.75, 3.05) is 18.0 Å². The molecule has 1 aliphatic rings. The first-order valence-electron chi connectivity index (χ1n) is 6.39. The molecular formula is C13H19BrClN3. The molecule has 1 N–H and O–H groups in total. The zero-order valence-electron chi connectivity index (χ0n) is 10.8. The lowest BCUT2D eigenvalue weighted by Gasteiger charge is -2.27. The van der Waals surface area contributed by atoms with Gasteiger partial charge in [0.1, 0.15) is 5.82 Å². The van der Waals surface area contributed by atoms with Gasteiger partial charge in [-0.15, -0.1) is 0 Å². The molecule has 0 saturated carbocycles. The maximum atomic E-state index is 6.28. The largest absolute Gasteiger partial charge is 0.351 e. The lowest BCUT2D eigenvalue weighted by molar-refractivity contribution is 0.522. The molecule has 2 heterocycles. The second-order valence-corrected chi connectivity index (χ2v) is 6.33. The fourth-order valence-corrected chi connectivity index (χ4v) is 3.06. The summed E-state index contributed by atoms with van der Waals surface area (Å²) in [5.74, 6) is 0.910. The van der Waals surface area contributed by atoms with Crippen molar-refractivity contribution in [2.45, 2.75) is 38.8 Å². The van der Waals surface area contributed by atoms with Gasteiger partial charge in [0.05, 0.1) is 5.02 Å². The molecule has 1 aromatic heterocycles. The Kier molecular flexibility index (Phi) is 4.87. The topological polar surface area (TPSA) is 28.2 Å². The highest BCUT2D eigenvalue weighted by Gasteiger charge is 2.27. The number of pyridine rings is 1. The van der Waals surface area contributed by atoms with E-state index < -0.39 is 0 Å². The van der Waals surface area contributed by atoms with Crippen LogP contribution in [0.4, 0.5) is 5.82 Å². The lowest BCUT2D eigenvalue weighted by atomic mass is 10.2. The van der Waals surface area contributed by atoms with Gasteiger partial charge in [0.15, 0.2) is 0 Å². The first-order chi connectivity index (χ1) is 8.58. The minimum absolute atomic E-state index is 0.499. The summed E-state index contributed by atoms with van der Waals surface area (Å²) in [6, 6.07) is 2.93. The van der Waals surface area contributed by atoms with Crippen LogP contribution in [0.15, 0.2) is 16.7 Å². The van der Waals surface area contributed by atoms with Gasteiger partial charge in [0, 0.05) is 35.8 Å². The molecule has 1 atom stereocenters. The Hall–Kier alpha value is -0.320. The lowest BCUT2D eigenvalue weighted by Crippen LogP contribution is -2.40. The highest BCUT2D eigenvalue weighted by atomic mass is 79.9. The van der Waals surface area contributed by atoms with Crippen molar-refractivity contribution in [2.24, 2.45) is 0 Å². The third-order valence-corrected chi connectivity index (χ3v) is 3.91. The van der Waals surface area contributed by atoms with Gasteiger partial charge < -0.3 is 10.2 Å². The zero-order chi connectivity index (χ0) is 13.1. The number of hydrogen-bond acceptors (Lipinski definition) is 3. The van der Waals surface area contributed by atoms with Gasteiger partial charge in [-0.2, -0.15) is 0 Å². The molecule has 1 aromatic rings. The summed E-state index contributed by atoms with van der Waals surface area (Å²) < 4.78 is 0.923. The maximum absolute atomic E-state index is 6.28. The van der Waals surface area contributed by atoms with Crippen LogP contribution in [0.1, 0.15) is 26.7 Å². The molecule has 0 bridgehead atoms. The van der Waals surface area contributed by atoms with Gasteiger partial charge in [-0.05, 0) is 34.8 Å². The van der Waals surface area contributed by atoms with Crippen molar-refractivity contribution in [3.63, 3.8) is 0 Å². The standard InChI is InChI=1S/C13H19BrClN3/c1-9(2)16-8-11-4-3-5-18(11)13-12(15)6-10(14)7-17-13/h6-7,9,11,16H,3-5,8H2,1-2H3. The summed E-state index contributed by atoms with van der Waals surface area (Å²) in [7, 11) is 0. The number of aromatic nitrogens is 1. The molecule has 0 amide bonds. The normalized spacial score (nSPS) is 19.8. The van der Waals surface area contributed by atoms with Crippen molar-refractivity contribution >= 4 is 33.3 Å². The number of halogens is 2. The van der Waals surface area contributed by atoms with Crippen molar-refractivity contribution in [1.29, 1.82) is 0 Å². The van der Waals surface area contributed by atoms with Crippen LogP contribution in [0, 0.1) is 0 Å². The highest BCUT2D eigenvalue weighted by Crippen LogP contribution is 2.31. The summed E-state index contributed by atoms with van der Waals surface area (Å²) in [5.41, 5.74) is 0. The molecule has 0 spiro atoms. The van der Waals surface area contributed by atoms with E-state index in [0.29, 0.717) is 12.1 Å². The van der Waals surface area contributed by atoms with E-state index in [1.54, 1.807) is 0 Å². The average molecular weight is 333 g/mol. The van der Waals surface area contributed by atoms with E-state index in [2.05, 4.69) is 45.0 Å². The monoisotopic (exact) mass is 331 g/mol. The van der Waals surface area contributed by atoms with Gasteiger partial charge >= 0.3 is 0 Å². The predicted molar refractivity (Wildman–Crippen MR) is 80.5 cm³/mol. The number of anilines is 1. The molecular weight excluding hydrogens is 314 g/mol. The predicted octanol–water partition coefficient (Wildman–Crippen LogP) is 3.46. The van der Waals surface area contributed by atoms with E-state index in [4.69, 9.17) is 11.6 Å². The van der Waals surface area contributed by atoms with E-state index in [1.165, 1.54) is 12.8 Å². The van der Waals surface area contributed by atoms with Crippen LogP contribution in [0.25, 0.3) is 0 Å². The summed E-state index contributed by atoms with van der Waals surface area (Å²) >= 11 is 9.67. The number of nitrogens with one attached hydrogen (secondary N) is 1. The molecule has 18 heavy (non-hydrogen) atoms. The first kappa shape index (κ1) is 14.1. The molecule has 1 unspecified atom stereocenters. The Morgan fingerprint density at radius 3 is 3.06 bits per heavy atom. The smallest absolute Gasteiger partial charge is 0.147 e. The van der Waals surface area contributed by atoms with Crippen LogP contribution in [0.3, 0.4) is 0 Å². The Morgan fingerprint density at radius 1 is 1.61 bits per heavy atom. The first-order valence-corrected chi connectivity index (χ1v) is 7.56. The molecule has 1 aliphatic heterocycles. The number of nitrogens with zero attached hydrogens (tertiary/aromatic N) is 2. The minimum Gasteiger partial charge on any atom is -0.351 e. The number of hydrogen-bond donors (Lipinski definition) is 1. The molecule has 100 valence electrons. The van der Waals surface area contributed by atoms with Gasteiger partial charge in [-0.1, -0.05) is 25.4 Å². The van der Waals surface area contributed by atoms with E-state index in [0.717, 1.165) is 28.4 Å². The van der Waals surface area contributed by atoms with E-state index in [-0.39, 0.29) is 0 Å². The fraction of sp³-hybridized carbons (Fsp3) is 0.615. The molecule has 3 nitrogen and oxygen atoms in total. The van der Waals surface area contributed by atoms with Crippen LogP contribution in [-0.2, 0) is 0 Å². The molecule has 0 aliphatic carbocycles. The van der Waals surface area contributed by atoms with Crippen LogP contribution in [0.5, 0.6) is 0 Å². The van der Waals surface area contributed by atoms with Crippen molar-refractivity contribution in [3.05, 3.63) is 21.8 Å². The van der Waals surface area contributed by atoms with Crippen LogP contribution < -0.4 is 10.2 Å². The van der Waals surface area contributed by atoms with E-state index in [1.807, 2.05) is 12.3 Å². The summed E-state index contributed by atoms with van der Waals surface area (Å²) in [4.78, 5) is 6.78. The molecule has 0 aromatic carbocycles. The summed E-state index contributed by atoms with van der Waals surface area (Å²) in [6.45, 7) is 6.37. The third kappa shape index (κ3) is 3.37. The zero-order valence-corrected chi connectivity index (χ0v) is 13.1. The van der Waals surface area contributed by atoms with Crippen molar-refractivity contribution < 1.29 is 0 Å². The average Bonchev–Trinajstić information content (AvgIpc) is 2.74. The van der Waals surface area contributed by atoms with Crippen molar-refractivity contribution in [3.8, 4) is 0 Å². The summed E-state index contributed by atoms with van der Waals surface area (Å²) in [5, 5.41) is 4.22. The SMILES string of the molecule is CC(C)NCC1CCCN1c1ncc(Br)cc1Cl. The molecule has 5 heteroatoms. The highest BCUT2D eigenvalue weighted by molar-refractivity contribution is 9.10. The van der Waals surface area contributed by atoms with Gasteiger partial charge in [-0.3, -0.25) is 0 Å². The van der Waals surface area contributed by atoms with E-state index >= 15 is 0 Å². The molecule has 1 fully saturated rings. The van der Waals surface area contributed by atoms with Crippen LogP contribution in [0.2, 0.25) is 5.02 Å². The number of rotatable bonds is 4. The van der Waals surface area contributed by atoms with Gasteiger partial charge in [0.25, 0.3) is 0 Å². The van der Waals surface area contributed by atoms with Gasteiger partial charge in [-0.25, -0.2) is 4.98 Å². The molecule has 0 radical (unpaired) electrons. The molecule has 2 rings (SSSR count). The Balaban J connectivity index is 2.10.